The van der Waals surface area contributed by atoms with Crippen LogP contribution in [0.4, 0.5) is 5.69 Å². The molecule has 0 N–H and O–H groups in total. The van der Waals surface area contributed by atoms with Gasteiger partial charge in [0.15, 0.2) is 0 Å². The van der Waals surface area contributed by atoms with Crippen LogP contribution in [0.1, 0.15) is 37.4 Å². The first-order chi connectivity index (χ1) is 12.6. The Morgan fingerprint density at radius 1 is 1.27 bits per heavy atom. The maximum atomic E-state index is 10.8. The molecule has 0 unspecified atom stereocenters. The molecule has 3 aromatic rings. The SMILES string of the molecule is CC[C@H](C)n1cc(/C=N\OCc2cccc([N+](=O)[O-])c2)c2ccccc21. The van der Waals surface area contributed by atoms with Gasteiger partial charge in [0.1, 0.15) is 6.61 Å². The summed E-state index contributed by atoms with van der Waals surface area (Å²) in [6.45, 7) is 4.53. The van der Waals surface area contributed by atoms with Gasteiger partial charge in [0.05, 0.1) is 11.1 Å². The molecule has 3 rings (SSSR count). The number of rotatable bonds is 7. The third-order valence-electron chi connectivity index (χ3n) is 4.46. The zero-order valence-corrected chi connectivity index (χ0v) is 14.8. The lowest BCUT2D eigenvalue weighted by atomic mass is 10.2. The van der Waals surface area contributed by atoms with Crippen molar-refractivity contribution in [3.05, 3.63) is 76.0 Å². The van der Waals surface area contributed by atoms with E-state index in [1.165, 1.54) is 17.6 Å². The lowest BCUT2D eigenvalue weighted by Gasteiger charge is -2.12. The predicted octanol–water partition coefficient (Wildman–Crippen LogP) is 5.07. The number of non-ortho nitro benzene ring substituents is 1. The van der Waals surface area contributed by atoms with Gasteiger partial charge in [-0.15, -0.1) is 0 Å². The molecule has 2 aromatic carbocycles. The highest BCUT2D eigenvalue weighted by Gasteiger charge is 2.10. The third-order valence-corrected chi connectivity index (χ3v) is 4.46. The summed E-state index contributed by atoms with van der Waals surface area (Å²) in [7, 11) is 0. The molecule has 1 heterocycles. The molecule has 6 nitrogen and oxygen atoms in total. The molecule has 0 spiro atoms. The third kappa shape index (κ3) is 3.74. The van der Waals surface area contributed by atoms with Crippen molar-refractivity contribution in [1.29, 1.82) is 0 Å². The van der Waals surface area contributed by atoms with E-state index in [2.05, 4.69) is 41.9 Å². The maximum Gasteiger partial charge on any atom is 0.269 e. The Balaban J connectivity index is 1.75. The highest BCUT2D eigenvalue weighted by atomic mass is 16.6. The van der Waals surface area contributed by atoms with Gasteiger partial charge in [-0.3, -0.25) is 10.1 Å². The number of oxime groups is 1. The molecular formula is C20H21N3O3. The van der Waals surface area contributed by atoms with E-state index in [-0.39, 0.29) is 12.3 Å². The van der Waals surface area contributed by atoms with Crippen LogP contribution in [0.5, 0.6) is 0 Å². The Hall–Kier alpha value is -3.15. The van der Waals surface area contributed by atoms with E-state index in [0.717, 1.165) is 17.4 Å². The van der Waals surface area contributed by atoms with Gasteiger partial charge in [0.25, 0.3) is 5.69 Å². The summed E-state index contributed by atoms with van der Waals surface area (Å²) in [5, 5.41) is 16.0. The average molecular weight is 351 g/mol. The molecule has 26 heavy (non-hydrogen) atoms. The molecule has 0 saturated carbocycles. The summed E-state index contributed by atoms with van der Waals surface area (Å²) < 4.78 is 2.25. The molecule has 1 atom stereocenters. The molecule has 1 aromatic heterocycles. The van der Waals surface area contributed by atoms with Gasteiger partial charge in [0.2, 0.25) is 0 Å². The largest absolute Gasteiger partial charge is 0.391 e. The smallest absolute Gasteiger partial charge is 0.269 e. The second-order valence-electron chi connectivity index (χ2n) is 6.20. The standard InChI is InChI=1S/C20H21N3O3/c1-3-15(2)22-13-17(19-9-4-5-10-20(19)22)12-21-26-14-16-7-6-8-18(11-16)23(24)25/h4-13,15H,3,14H2,1-2H3/b21-12-/t15-/m0/s1. The van der Waals surface area contributed by atoms with Crippen LogP contribution >= 0.6 is 0 Å². The number of nitrogens with zero attached hydrogens (tertiary/aromatic N) is 3. The summed E-state index contributed by atoms with van der Waals surface area (Å²) >= 11 is 0. The number of hydrogen-bond donors (Lipinski definition) is 0. The van der Waals surface area contributed by atoms with Gasteiger partial charge < -0.3 is 9.40 Å². The van der Waals surface area contributed by atoms with Crippen molar-refractivity contribution in [2.75, 3.05) is 0 Å². The van der Waals surface area contributed by atoms with Crippen LogP contribution in [0.25, 0.3) is 10.9 Å². The predicted molar refractivity (Wildman–Crippen MR) is 102 cm³/mol. The van der Waals surface area contributed by atoms with Gasteiger partial charge >= 0.3 is 0 Å². The first-order valence-electron chi connectivity index (χ1n) is 8.58. The quantitative estimate of drug-likeness (QED) is 0.339. The van der Waals surface area contributed by atoms with Gasteiger partial charge in [-0.05, 0) is 25.0 Å². The summed E-state index contributed by atoms with van der Waals surface area (Å²) in [5.41, 5.74) is 2.91. The van der Waals surface area contributed by atoms with Crippen molar-refractivity contribution in [2.45, 2.75) is 32.9 Å². The Kier molecular flexibility index (Phi) is 5.31. The molecule has 0 aliphatic carbocycles. The van der Waals surface area contributed by atoms with Crippen molar-refractivity contribution in [3.63, 3.8) is 0 Å². The lowest BCUT2D eigenvalue weighted by molar-refractivity contribution is -0.384. The summed E-state index contributed by atoms with van der Waals surface area (Å²) in [6.07, 6.45) is 4.82. The van der Waals surface area contributed by atoms with Crippen molar-refractivity contribution < 1.29 is 9.76 Å². The fourth-order valence-electron chi connectivity index (χ4n) is 2.86. The minimum Gasteiger partial charge on any atom is -0.391 e. The number of nitro groups is 1. The molecular weight excluding hydrogens is 330 g/mol. The van der Waals surface area contributed by atoms with Gasteiger partial charge in [-0.25, -0.2) is 0 Å². The van der Waals surface area contributed by atoms with Crippen LogP contribution in [0, 0.1) is 10.1 Å². The maximum absolute atomic E-state index is 10.8. The van der Waals surface area contributed by atoms with Gasteiger partial charge in [-0.2, -0.15) is 0 Å². The lowest BCUT2D eigenvalue weighted by Crippen LogP contribution is -2.01. The monoisotopic (exact) mass is 351 g/mol. The molecule has 134 valence electrons. The fraction of sp³-hybridized carbons (Fsp3) is 0.250. The van der Waals surface area contributed by atoms with Crippen LogP contribution in [-0.2, 0) is 11.4 Å². The molecule has 0 bridgehead atoms. The Morgan fingerprint density at radius 2 is 2.08 bits per heavy atom. The first kappa shape index (κ1) is 17.7. The topological polar surface area (TPSA) is 69.7 Å². The highest BCUT2D eigenvalue weighted by molar-refractivity contribution is 5.99. The molecule has 0 amide bonds. The van der Waals surface area contributed by atoms with Crippen molar-refractivity contribution in [3.8, 4) is 0 Å². The van der Waals surface area contributed by atoms with Gasteiger partial charge in [0, 0.05) is 40.8 Å². The van der Waals surface area contributed by atoms with E-state index < -0.39 is 4.92 Å². The highest BCUT2D eigenvalue weighted by Crippen LogP contribution is 2.25. The summed E-state index contributed by atoms with van der Waals surface area (Å²) in [6, 6.07) is 15.0. The number of aromatic nitrogens is 1. The zero-order chi connectivity index (χ0) is 18.5. The number of fused-ring (bicyclic) bond motifs is 1. The number of nitro benzene ring substituents is 1. The van der Waals surface area contributed by atoms with E-state index in [1.54, 1.807) is 18.3 Å². The number of benzene rings is 2. The van der Waals surface area contributed by atoms with Crippen LogP contribution in [0.15, 0.2) is 59.9 Å². The van der Waals surface area contributed by atoms with Crippen LogP contribution in [0.2, 0.25) is 0 Å². The summed E-state index contributed by atoms with van der Waals surface area (Å²) in [4.78, 5) is 15.7. The van der Waals surface area contributed by atoms with E-state index >= 15 is 0 Å². The van der Waals surface area contributed by atoms with Crippen molar-refractivity contribution in [1.82, 2.24) is 4.57 Å². The number of para-hydroxylation sites is 1. The van der Waals surface area contributed by atoms with Crippen LogP contribution < -0.4 is 0 Å². The first-order valence-corrected chi connectivity index (χ1v) is 8.58. The van der Waals surface area contributed by atoms with Crippen molar-refractivity contribution in [2.24, 2.45) is 5.16 Å². The van der Waals surface area contributed by atoms with Gasteiger partial charge in [-0.1, -0.05) is 42.4 Å². The minimum atomic E-state index is -0.420. The van der Waals surface area contributed by atoms with E-state index in [0.29, 0.717) is 11.6 Å². The second-order valence-corrected chi connectivity index (χ2v) is 6.20. The molecule has 0 aliphatic rings. The molecule has 0 saturated heterocycles. The molecule has 0 radical (unpaired) electrons. The minimum absolute atomic E-state index is 0.0479. The van der Waals surface area contributed by atoms with E-state index in [1.807, 2.05) is 12.1 Å². The molecule has 0 fully saturated rings. The Morgan fingerprint density at radius 3 is 2.85 bits per heavy atom. The second kappa shape index (κ2) is 7.82. The van der Waals surface area contributed by atoms with Crippen LogP contribution in [0.3, 0.4) is 0 Å². The van der Waals surface area contributed by atoms with E-state index in [9.17, 15) is 10.1 Å². The zero-order valence-electron chi connectivity index (χ0n) is 14.8. The van der Waals surface area contributed by atoms with Crippen molar-refractivity contribution >= 4 is 22.8 Å². The van der Waals surface area contributed by atoms with Crippen LogP contribution in [-0.4, -0.2) is 15.7 Å². The van der Waals surface area contributed by atoms with E-state index in [4.69, 9.17) is 4.84 Å². The summed E-state index contributed by atoms with van der Waals surface area (Å²) in [5.74, 6) is 0. The Bertz CT molecular complexity index is 946. The normalized spacial score (nSPS) is 12.5. The molecule has 0 aliphatic heterocycles. The number of hydrogen-bond acceptors (Lipinski definition) is 4. The molecule has 6 heteroatoms. The average Bonchev–Trinajstić information content (AvgIpc) is 3.04. The Labute approximate surface area is 151 Å². The fourth-order valence-corrected chi connectivity index (χ4v) is 2.86.